The van der Waals surface area contributed by atoms with Gasteiger partial charge in [0.15, 0.2) is 0 Å². The predicted octanol–water partition coefficient (Wildman–Crippen LogP) is 0.674. The number of aromatic carboxylic acids is 1. The lowest BCUT2D eigenvalue weighted by Gasteiger charge is -2.37. The highest BCUT2D eigenvalue weighted by Gasteiger charge is 2.26. The lowest BCUT2D eigenvalue weighted by Crippen LogP contribution is -2.48. The third-order valence-electron chi connectivity index (χ3n) is 3.04. The predicted molar refractivity (Wildman–Crippen MR) is 69.6 cm³/mol. The number of pyridine rings is 1. The molecule has 2 rings (SSSR count). The smallest absolute Gasteiger partial charge is 0.335 e. The second-order valence-corrected chi connectivity index (χ2v) is 4.82. The molecule has 1 aromatic heterocycles. The van der Waals surface area contributed by atoms with Gasteiger partial charge in [-0.25, -0.2) is 9.78 Å². The van der Waals surface area contributed by atoms with Crippen LogP contribution in [0.2, 0.25) is 0 Å². The Morgan fingerprint density at radius 1 is 1.53 bits per heavy atom. The van der Waals surface area contributed by atoms with Gasteiger partial charge in [-0.3, -0.25) is 0 Å². The van der Waals surface area contributed by atoms with E-state index in [1.54, 1.807) is 19.1 Å². The molecular formula is C13H18N2O4. The van der Waals surface area contributed by atoms with Gasteiger partial charge in [0.05, 0.1) is 24.4 Å². The monoisotopic (exact) mass is 266 g/mol. The zero-order valence-corrected chi connectivity index (χ0v) is 11.0. The molecule has 2 atom stereocenters. The number of aliphatic hydroxyl groups is 1. The van der Waals surface area contributed by atoms with E-state index in [4.69, 9.17) is 9.84 Å². The number of aromatic nitrogens is 1. The van der Waals surface area contributed by atoms with Crippen LogP contribution in [0.25, 0.3) is 0 Å². The van der Waals surface area contributed by atoms with Crippen molar-refractivity contribution in [1.82, 2.24) is 4.98 Å². The molecule has 1 aromatic rings. The van der Waals surface area contributed by atoms with E-state index in [0.717, 1.165) is 0 Å². The van der Waals surface area contributed by atoms with Gasteiger partial charge in [-0.15, -0.1) is 0 Å². The first-order chi connectivity index (χ1) is 8.99. The minimum Gasteiger partial charge on any atom is -0.478 e. The number of carbonyl (C=O) groups is 1. The van der Waals surface area contributed by atoms with Gasteiger partial charge in [0, 0.05) is 18.8 Å². The van der Waals surface area contributed by atoms with Gasteiger partial charge in [-0.1, -0.05) is 0 Å². The highest BCUT2D eigenvalue weighted by Crippen LogP contribution is 2.20. The Hall–Kier alpha value is -1.66. The van der Waals surface area contributed by atoms with Gasteiger partial charge in [0.1, 0.15) is 5.82 Å². The van der Waals surface area contributed by atoms with Crippen molar-refractivity contribution in [3.63, 3.8) is 0 Å². The molecule has 6 heteroatoms. The highest BCUT2D eigenvalue weighted by molar-refractivity contribution is 5.88. The molecule has 1 fully saturated rings. The number of carboxylic acids is 1. The van der Waals surface area contributed by atoms with Crippen molar-refractivity contribution in [3.8, 4) is 0 Å². The molecule has 0 spiro atoms. The topological polar surface area (TPSA) is 82.9 Å². The Morgan fingerprint density at radius 3 is 2.89 bits per heavy atom. The quantitative estimate of drug-likeness (QED) is 0.837. The van der Waals surface area contributed by atoms with Crippen LogP contribution in [0.4, 0.5) is 5.82 Å². The summed E-state index contributed by atoms with van der Waals surface area (Å²) in [6, 6.07) is 3.10. The van der Waals surface area contributed by atoms with Crippen LogP contribution < -0.4 is 4.90 Å². The molecule has 1 aliphatic heterocycles. The minimum absolute atomic E-state index is 0.0264. The summed E-state index contributed by atoms with van der Waals surface area (Å²) in [6.07, 6.45) is -0.291. The Kier molecular flexibility index (Phi) is 4.01. The van der Waals surface area contributed by atoms with Gasteiger partial charge in [-0.2, -0.15) is 0 Å². The number of carboxylic acid groups (broad SMARTS) is 1. The first-order valence-corrected chi connectivity index (χ1v) is 6.23. The Labute approximate surface area is 111 Å². The number of ether oxygens (including phenoxy) is 1. The average molecular weight is 266 g/mol. The van der Waals surface area contributed by atoms with Crippen LogP contribution in [0, 0.1) is 6.92 Å². The third kappa shape index (κ3) is 3.21. The van der Waals surface area contributed by atoms with Crippen LogP contribution in [0.1, 0.15) is 23.0 Å². The van der Waals surface area contributed by atoms with Crippen molar-refractivity contribution in [2.75, 3.05) is 24.6 Å². The molecule has 0 aromatic carbocycles. The fourth-order valence-corrected chi connectivity index (χ4v) is 2.27. The van der Waals surface area contributed by atoms with Crippen molar-refractivity contribution in [3.05, 3.63) is 23.4 Å². The molecule has 104 valence electrons. The van der Waals surface area contributed by atoms with Gasteiger partial charge in [0.2, 0.25) is 0 Å². The summed E-state index contributed by atoms with van der Waals surface area (Å²) in [5.41, 5.74) is 0.886. The standard InChI is InChI=1S/C13H18N2O4/c1-8-3-10(13(17)18)4-12(14-8)15-5-9(2)19-11(6-15)7-16/h3-4,9,11,16H,5-7H2,1-2H3,(H,17,18). The second-order valence-electron chi connectivity index (χ2n) is 4.82. The van der Waals surface area contributed by atoms with Crippen molar-refractivity contribution in [1.29, 1.82) is 0 Å². The Bertz CT molecular complexity index is 478. The third-order valence-corrected chi connectivity index (χ3v) is 3.04. The molecule has 19 heavy (non-hydrogen) atoms. The van der Waals surface area contributed by atoms with Crippen molar-refractivity contribution in [2.24, 2.45) is 0 Å². The minimum atomic E-state index is -0.966. The van der Waals surface area contributed by atoms with Crippen molar-refractivity contribution >= 4 is 11.8 Å². The average Bonchev–Trinajstić information content (AvgIpc) is 2.37. The number of hydrogen-bond acceptors (Lipinski definition) is 5. The highest BCUT2D eigenvalue weighted by atomic mass is 16.5. The SMILES string of the molecule is Cc1cc(C(=O)O)cc(N2CC(C)OC(CO)C2)n1. The maximum atomic E-state index is 11.1. The zero-order chi connectivity index (χ0) is 14.0. The first-order valence-electron chi connectivity index (χ1n) is 6.23. The van der Waals surface area contributed by atoms with Gasteiger partial charge in [-0.05, 0) is 26.0 Å². The fourth-order valence-electron chi connectivity index (χ4n) is 2.27. The zero-order valence-electron chi connectivity index (χ0n) is 11.0. The number of nitrogens with zero attached hydrogens (tertiary/aromatic N) is 2. The maximum Gasteiger partial charge on any atom is 0.335 e. The molecule has 2 heterocycles. The number of morpholine rings is 1. The molecule has 6 nitrogen and oxygen atoms in total. The van der Waals surface area contributed by atoms with Crippen LogP contribution in [0.5, 0.6) is 0 Å². The van der Waals surface area contributed by atoms with Crippen molar-refractivity contribution in [2.45, 2.75) is 26.1 Å². The van der Waals surface area contributed by atoms with Gasteiger partial charge >= 0.3 is 5.97 Å². The van der Waals surface area contributed by atoms with Crippen LogP contribution in [-0.2, 0) is 4.74 Å². The van der Waals surface area contributed by atoms with E-state index < -0.39 is 5.97 Å². The summed E-state index contributed by atoms with van der Waals surface area (Å²) in [6.45, 7) is 4.77. The summed E-state index contributed by atoms with van der Waals surface area (Å²) in [7, 11) is 0. The molecule has 0 aliphatic carbocycles. The normalized spacial score (nSPS) is 23.4. The maximum absolute atomic E-state index is 11.1. The van der Waals surface area contributed by atoms with Gasteiger partial charge in [0.25, 0.3) is 0 Å². The number of aryl methyl sites for hydroxylation is 1. The van der Waals surface area contributed by atoms with E-state index in [1.165, 1.54) is 0 Å². The van der Waals surface area contributed by atoms with E-state index in [2.05, 4.69) is 4.98 Å². The number of hydrogen-bond donors (Lipinski definition) is 2. The van der Waals surface area contributed by atoms with E-state index >= 15 is 0 Å². The van der Waals surface area contributed by atoms with Crippen LogP contribution in [0.15, 0.2) is 12.1 Å². The molecule has 0 bridgehead atoms. The lowest BCUT2D eigenvalue weighted by molar-refractivity contribution is -0.0423. The van der Waals surface area contributed by atoms with Crippen LogP contribution in [-0.4, -0.2) is 53.1 Å². The molecule has 0 radical (unpaired) electrons. The molecule has 0 amide bonds. The molecular weight excluding hydrogens is 248 g/mol. The molecule has 1 aliphatic rings. The van der Waals surface area contributed by atoms with E-state index in [9.17, 15) is 9.90 Å². The number of rotatable bonds is 3. The van der Waals surface area contributed by atoms with Gasteiger partial charge < -0.3 is 19.8 Å². The molecule has 2 unspecified atom stereocenters. The first kappa shape index (κ1) is 13.8. The summed E-state index contributed by atoms with van der Waals surface area (Å²) in [5.74, 6) is -0.349. The van der Waals surface area contributed by atoms with E-state index in [-0.39, 0.29) is 24.4 Å². The summed E-state index contributed by atoms with van der Waals surface area (Å²) in [5, 5.41) is 18.3. The second kappa shape index (κ2) is 5.54. The van der Waals surface area contributed by atoms with E-state index in [1.807, 2.05) is 11.8 Å². The summed E-state index contributed by atoms with van der Waals surface area (Å²) >= 11 is 0. The Morgan fingerprint density at radius 2 is 2.26 bits per heavy atom. The summed E-state index contributed by atoms with van der Waals surface area (Å²) < 4.78 is 5.56. The molecule has 1 saturated heterocycles. The number of anilines is 1. The lowest BCUT2D eigenvalue weighted by atomic mass is 10.2. The van der Waals surface area contributed by atoms with Crippen molar-refractivity contribution < 1.29 is 19.7 Å². The van der Waals surface area contributed by atoms with E-state index in [0.29, 0.717) is 24.6 Å². The number of aliphatic hydroxyl groups excluding tert-OH is 1. The molecule has 2 N–H and O–H groups in total. The Balaban J connectivity index is 2.27. The molecule has 0 saturated carbocycles. The van der Waals surface area contributed by atoms with Crippen LogP contribution in [0.3, 0.4) is 0 Å². The summed E-state index contributed by atoms with van der Waals surface area (Å²) in [4.78, 5) is 17.4. The van der Waals surface area contributed by atoms with Crippen LogP contribution >= 0.6 is 0 Å². The fraction of sp³-hybridized carbons (Fsp3) is 0.538. The largest absolute Gasteiger partial charge is 0.478 e.